The topological polar surface area (TPSA) is 0 Å². The molecule has 6 aromatic rings. The smallest absolute Gasteiger partial charge is 0.0134 e. The van der Waals surface area contributed by atoms with Gasteiger partial charge in [0.1, 0.15) is 0 Å². The summed E-state index contributed by atoms with van der Waals surface area (Å²) in [6.07, 6.45) is 0. The molecule has 0 fully saturated rings. The number of fused-ring (bicyclic) bond motifs is 1. The molecule has 6 rings (SSSR count). The Morgan fingerprint density at radius 2 is 0.528 bits per heavy atom. The fourth-order valence-electron chi connectivity index (χ4n) is 4.70. The van der Waals surface area contributed by atoms with Crippen LogP contribution in [0.4, 0.5) is 0 Å². The Hall–Kier alpha value is -3.56. The molecule has 0 aliphatic heterocycles. The molecular formula is C34H26P2. The van der Waals surface area contributed by atoms with E-state index in [1.807, 2.05) is 0 Å². The second-order valence-electron chi connectivity index (χ2n) is 8.73. The molecule has 0 nitrogen and oxygen atoms in total. The lowest BCUT2D eigenvalue weighted by Gasteiger charge is -2.21. The molecule has 0 amide bonds. The van der Waals surface area contributed by atoms with Crippen LogP contribution in [0.5, 0.6) is 0 Å². The largest absolute Gasteiger partial charge is 0.0622 e. The minimum absolute atomic E-state index is 0.608. The minimum atomic E-state index is -0.608. The Bertz CT molecular complexity index is 1360. The molecule has 0 aromatic heterocycles. The molecule has 0 aliphatic rings. The van der Waals surface area contributed by atoms with Gasteiger partial charge in [-0.15, -0.1) is 0 Å². The van der Waals surface area contributed by atoms with Crippen LogP contribution in [-0.4, -0.2) is 0 Å². The van der Waals surface area contributed by atoms with E-state index in [2.05, 4.69) is 158 Å². The van der Waals surface area contributed by atoms with E-state index in [9.17, 15) is 0 Å². The summed E-state index contributed by atoms with van der Waals surface area (Å²) in [6.45, 7) is 0. The maximum atomic E-state index is 2.40. The fourth-order valence-corrected chi connectivity index (χ4v) is 9.35. The van der Waals surface area contributed by atoms with Gasteiger partial charge in [0.05, 0.1) is 0 Å². The van der Waals surface area contributed by atoms with Crippen LogP contribution in [0, 0.1) is 0 Å². The molecule has 0 heterocycles. The zero-order valence-corrected chi connectivity index (χ0v) is 21.7. The Balaban J connectivity index is 1.44. The van der Waals surface area contributed by atoms with Gasteiger partial charge in [0.25, 0.3) is 0 Å². The van der Waals surface area contributed by atoms with Crippen molar-refractivity contribution in [1.29, 1.82) is 0 Å². The molecule has 36 heavy (non-hydrogen) atoms. The summed E-state index contributed by atoms with van der Waals surface area (Å²) in [4.78, 5) is 0. The number of benzene rings is 6. The molecule has 0 radical (unpaired) electrons. The van der Waals surface area contributed by atoms with Gasteiger partial charge in [0.15, 0.2) is 0 Å². The van der Waals surface area contributed by atoms with Crippen molar-refractivity contribution in [2.75, 3.05) is 0 Å². The molecule has 0 aliphatic carbocycles. The van der Waals surface area contributed by atoms with Gasteiger partial charge < -0.3 is 0 Å². The predicted molar refractivity (Wildman–Crippen MR) is 161 cm³/mol. The standard InChI is InChI=1S/C34H26P2/c1-5-13-29(14-6-1)35(30-15-7-2-8-16-30)33-23-21-28-26-34(24-22-27(28)25-33)36(31-17-9-3-10-18-31)32-19-11-4-12-20-32/h1-26H. The molecule has 2 heteroatoms. The van der Waals surface area contributed by atoms with Crippen LogP contribution in [0.15, 0.2) is 158 Å². The van der Waals surface area contributed by atoms with Crippen LogP contribution < -0.4 is 31.8 Å². The van der Waals surface area contributed by atoms with E-state index in [1.54, 1.807) is 0 Å². The minimum Gasteiger partial charge on any atom is -0.0622 e. The first-order chi connectivity index (χ1) is 17.9. The third-order valence-corrected chi connectivity index (χ3v) is 11.2. The van der Waals surface area contributed by atoms with Gasteiger partial charge in [0.2, 0.25) is 0 Å². The van der Waals surface area contributed by atoms with E-state index in [0.29, 0.717) is 0 Å². The maximum absolute atomic E-state index is 2.40. The highest BCUT2D eigenvalue weighted by Crippen LogP contribution is 2.36. The molecule has 6 aromatic carbocycles. The number of rotatable bonds is 6. The van der Waals surface area contributed by atoms with Crippen molar-refractivity contribution in [3.05, 3.63) is 158 Å². The van der Waals surface area contributed by atoms with Gasteiger partial charge >= 0.3 is 0 Å². The lowest BCUT2D eigenvalue weighted by atomic mass is 10.1. The van der Waals surface area contributed by atoms with Gasteiger partial charge in [-0.25, -0.2) is 0 Å². The first-order valence-electron chi connectivity index (χ1n) is 12.2. The van der Waals surface area contributed by atoms with Crippen LogP contribution in [0.2, 0.25) is 0 Å². The van der Waals surface area contributed by atoms with E-state index >= 15 is 0 Å². The normalized spacial score (nSPS) is 11.3. The van der Waals surface area contributed by atoms with Crippen LogP contribution in [-0.2, 0) is 0 Å². The molecule has 0 atom stereocenters. The zero-order chi connectivity index (χ0) is 24.2. The summed E-state index contributed by atoms with van der Waals surface area (Å²) in [7, 11) is -1.22. The average Bonchev–Trinajstić information content (AvgIpc) is 2.96. The average molecular weight is 497 g/mol. The van der Waals surface area contributed by atoms with E-state index in [-0.39, 0.29) is 0 Å². The van der Waals surface area contributed by atoms with Crippen molar-refractivity contribution in [1.82, 2.24) is 0 Å². The van der Waals surface area contributed by atoms with Crippen molar-refractivity contribution in [3.63, 3.8) is 0 Å². The SMILES string of the molecule is c1ccc(P(c2ccccc2)c2ccc3cc(P(c4ccccc4)c4ccccc4)ccc3c2)cc1. The lowest BCUT2D eigenvalue weighted by Crippen LogP contribution is -2.21. The van der Waals surface area contributed by atoms with Crippen LogP contribution in [0.3, 0.4) is 0 Å². The molecule has 0 spiro atoms. The summed E-state index contributed by atoms with van der Waals surface area (Å²) in [5.41, 5.74) is 0. The molecule has 0 N–H and O–H groups in total. The number of hydrogen-bond donors (Lipinski definition) is 0. The second kappa shape index (κ2) is 10.6. The first kappa shape index (κ1) is 22.9. The van der Waals surface area contributed by atoms with Gasteiger partial charge in [0, 0.05) is 0 Å². The van der Waals surface area contributed by atoms with Crippen molar-refractivity contribution in [2.45, 2.75) is 0 Å². The summed E-state index contributed by atoms with van der Waals surface area (Å²) in [5.74, 6) is 0. The summed E-state index contributed by atoms with van der Waals surface area (Å²) in [6, 6.07) is 57.8. The van der Waals surface area contributed by atoms with Crippen LogP contribution in [0.1, 0.15) is 0 Å². The van der Waals surface area contributed by atoms with E-state index in [1.165, 1.54) is 42.6 Å². The Morgan fingerprint density at radius 1 is 0.250 bits per heavy atom. The monoisotopic (exact) mass is 496 g/mol. The Labute approximate surface area is 215 Å². The summed E-state index contributed by atoms with van der Waals surface area (Å²) in [5, 5.41) is 10.9. The summed E-state index contributed by atoms with van der Waals surface area (Å²) < 4.78 is 0. The van der Waals surface area contributed by atoms with Gasteiger partial charge in [-0.05, 0) is 70.6 Å². The first-order valence-corrected chi connectivity index (χ1v) is 14.9. The highest BCUT2D eigenvalue weighted by molar-refractivity contribution is 7.80. The number of hydrogen-bond acceptors (Lipinski definition) is 0. The third kappa shape index (κ3) is 4.76. The Morgan fingerprint density at radius 3 is 0.806 bits per heavy atom. The molecule has 0 saturated heterocycles. The molecule has 0 unspecified atom stereocenters. The van der Waals surface area contributed by atoms with Gasteiger partial charge in [-0.1, -0.05) is 146 Å². The predicted octanol–water partition coefficient (Wildman–Crippen LogP) is 6.36. The van der Waals surface area contributed by atoms with Crippen LogP contribution >= 0.6 is 15.8 Å². The molecule has 0 saturated carbocycles. The molecule has 0 bridgehead atoms. The molecule has 172 valence electrons. The van der Waals surface area contributed by atoms with Crippen molar-refractivity contribution in [2.24, 2.45) is 0 Å². The van der Waals surface area contributed by atoms with Gasteiger partial charge in [-0.3, -0.25) is 0 Å². The highest BCUT2D eigenvalue weighted by atomic mass is 31.1. The highest BCUT2D eigenvalue weighted by Gasteiger charge is 2.19. The quantitative estimate of drug-likeness (QED) is 0.236. The zero-order valence-electron chi connectivity index (χ0n) is 19.9. The van der Waals surface area contributed by atoms with E-state index in [4.69, 9.17) is 0 Å². The lowest BCUT2D eigenvalue weighted by molar-refractivity contribution is 1.74. The van der Waals surface area contributed by atoms with E-state index < -0.39 is 15.8 Å². The maximum Gasteiger partial charge on any atom is -0.0134 e. The summed E-state index contributed by atoms with van der Waals surface area (Å²) >= 11 is 0. The second-order valence-corrected chi connectivity index (χ2v) is 13.2. The van der Waals surface area contributed by atoms with Crippen LogP contribution in [0.25, 0.3) is 10.8 Å². The van der Waals surface area contributed by atoms with Gasteiger partial charge in [-0.2, -0.15) is 0 Å². The van der Waals surface area contributed by atoms with Crippen molar-refractivity contribution < 1.29 is 0 Å². The van der Waals surface area contributed by atoms with Crippen molar-refractivity contribution >= 4 is 58.4 Å². The third-order valence-electron chi connectivity index (χ3n) is 6.38. The Kier molecular flexibility index (Phi) is 6.73. The van der Waals surface area contributed by atoms with E-state index in [0.717, 1.165) is 0 Å². The fraction of sp³-hybridized carbons (Fsp3) is 0. The van der Waals surface area contributed by atoms with Crippen molar-refractivity contribution in [3.8, 4) is 0 Å². The molecular weight excluding hydrogens is 470 g/mol.